The number of hydrogen-bond donors (Lipinski definition) is 0. The van der Waals surface area contributed by atoms with Crippen LogP contribution in [0.5, 0.6) is 0 Å². The van der Waals surface area contributed by atoms with E-state index in [2.05, 4.69) is 12.2 Å². The second kappa shape index (κ2) is 2.39. The number of fused-ring (bicyclic) bond motifs is 1. The smallest absolute Gasteiger partial charge is 0.0639 e. The third kappa shape index (κ3) is 0.807. The molecule has 1 nitrogen and oxygen atoms in total. The predicted molar refractivity (Wildman–Crippen MR) is 40.8 cm³/mol. The summed E-state index contributed by atoms with van der Waals surface area (Å²) in [4.78, 5) is 0. The highest BCUT2D eigenvalue weighted by Crippen LogP contribution is 2.42. The van der Waals surface area contributed by atoms with Gasteiger partial charge in [-0.15, -0.1) is 0 Å². The summed E-state index contributed by atoms with van der Waals surface area (Å²) in [6, 6.07) is 0. The minimum Gasteiger partial charge on any atom is -0.381 e. The number of rotatable bonds is 1. The molecule has 0 unspecified atom stereocenters. The number of allylic oxidation sites excluding steroid dienone is 1. The molecule has 0 saturated heterocycles. The Kier molecular flexibility index (Phi) is 1.53. The molecule has 0 spiro atoms. The van der Waals surface area contributed by atoms with Crippen molar-refractivity contribution in [2.75, 3.05) is 7.11 Å². The van der Waals surface area contributed by atoms with Gasteiger partial charge in [0.05, 0.1) is 6.10 Å². The van der Waals surface area contributed by atoms with E-state index in [1.807, 2.05) is 7.11 Å². The van der Waals surface area contributed by atoms with Crippen LogP contribution in [0.3, 0.4) is 0 Å². The van der Waals surface area contributed by atoms with Crippen molar-refractivity contribution >= 4 is 0 Å². The van der Waals surface area contributed by atoms with Gasteiger partial charge < -0.3 is 4.74 Å². The Hall–Kier alpha value is -0.300. The molecule has 0 N–H and O–H groups in total. The van der Waals surface area contributed by atoms with Crippen LogP contribution in [0.2, 0.25) is 0 Å². The second-order valence-corrected chi connectivity index (χ2v) is 3.35. The van der Waals surface area contributed by atoms with Gasteiger partial charge in [0.1, 0.15) is 0 Å². The predicted octanol–water partition coefficient (Wildman–Crippen LogP) is 1.99. The number of ether oxygens (including phenoxy) is 1. The minimum atomic E-state index is 0.543. The first-order valence-electron chi connectivity index (χ1n) is 4.11. The molecule has 1 saturated carbocycles. The van der Waals surface area contributed by atoms with Crippen molar-refractivity contribution in [1.82, 2.24) is 0 Å². The maximum absolute atomic E-state index is 5.30. The Labute approximate surface area is 62.1 Å². The zero-order valence-electron chi connectivity index (χ0n) is 6.42. The van der Waals surface area contributed by atoms with Crippen LogP contribution in [0, 0.1) is 11.8 Å². The van der Waals surface area contributed by atoms with E-state index in [1.165, 1.54) is 19.3 Å². The Morgan fingerprint density at radius 2 is 2.40 bits per heavy atom. The van der Waals surface area contributed by atoms with Crippen molar-refractivity contribution in [2.24, 2.45) is 11.8 Å². The van der Waals surface area contributed by atoms with E-state index in [9.17, 15) is 0 Å². The molecule has 10 heavy (non-hydrogen) atoms. The molecule has 2 aliphatic carbocycles. The van der Waals surface area contributed by atoms with Crippen LogP contribution in [0.15, 0.2) is 12.2 Å². The first kappa shape index (κ1) is 6.41. The molecule has 0 heterocycles. The lowest BCUT2D eigenvalue weighted by atomic mass is 9.66. The molecule has 56 valence electrons. The maximum Gasteiger partial charge on any atom is 0.0639 e. The van der Waals surface area contributed by atoms with E-state index in [-0.39, 0.29) is 0 Å². The Morgan fingerprint density at radius 1 is 1.50 bits per heavy atom. The normalized spacial score (nSPS) is 44.3. The second-order valence-electron chi connectivity index (χ2n) is 3.35. The van der Waals surface area contributed by atoms with Gasteiger partial charge in [-0.25, -0.2) is 0 Å². The van der Waals surface area contributed by atoms with E-state index in [0.29, 0.717) is 6.10 Å². The fourth-order valence-corrected chi connectivity index (χ4v) is 2.13. The highest BCUT2D eigenvalue weighted by Gasteiger charge is 2.39. The van der Waals surface area contributed by atoms with Gasteiger partial charge in [0.25, 0.3) is 0 Å². The van der Waals surface area contributed by atoms with Gasteiger partial charge in [0.2, 0.25) is 0 Å². The average molecular weight is 138 g/mol. The van der Waals surface area contributed by atoms with Gasteiger partial charge in [-0.2, -0.15) is 0 Å². The molecule has 0 radical (unpaired) electrons. The number of hydrogen-bond acceptors (Lipinski definition) is 1. The number of methoxy groups -OCH3 is 1. The molecule has 1 heteroatoms. The summed E-state index contributed by atoms with van der Waals surface area (Å²) in [6.45, 7) is 0. The lowest BCUT2D eigenvalue weighted by Crippen LogP contribution is -2.42. The molecule has 0 amide bonds. The molecular weight excluding hydrogens is 124 g/mol. The summed E-state index contributed by atoms with van der Waals surface area (Å²) in [7, 11) is 1.82. The Balaban J connectivity index is 2.00. The Morgan fingerprint density at radius 3 is 3.10 bits per heavy atom. The van der Waals surface area contributed by atoms with Crippen LogP contribution >= 0.6 is 0 Å². The summed E-state index contributed by atoms with van der Waals surface area (Å²) in [5.74, 6) is 1.72. The molecular formula is C9H14O. The Bertz CT molecular complexity index is 151. The average Bonchev–Trinajstić information content (AvgIpc) is 1.92. The molecule has 2 aliphatic rings. The first-order chi connectivity index (χ1) is 4.92. The van der Waals surface area contributed by atoms with Crippen LogP contribution in [0.4, 0.5) is 0 Å². The highest BCUT2D eigenvalue weighted by atomic mass is 16.5. The van der Waals surface area contributed by atoms with E-state index >= 15 is 0 Å². The zero-order valence-corrected chi connectivity index (χ0v) is 6.42. The fourth-order valence-electron chi connectivity index (χ4n) is 2.13. The first-order valence-corrected chi connectivity index (χ1v) is 4.11. The monoisotopic (exact) mass is 138 g/mol. The molecule has 0 aliphatic heterocycles. The van der Waals surface area contributed by atoms with Crippen molar-refractivity contribution < 1.29 is 4.74 Å². The molecule has 0 aromatic heterocycles. The van der Waals surface area contributed by atoms with Crippen molar-refractivity contribution in [3.8, 4) is 0 Å². The van der Waals surface area contributed by atoms with Gasteiger partial charge in [-0.05, 0) is 25.2 Å². The maximum atomic E-state index is 5.30. The topological polar surface area (TPSA) is 9.23 Å². The minimum absolute atomic E-state index is 0.543. The molecule has 0 aromatic carbocycles. The summed E-state index contributed by atoms with van der Waals surface area (Å²) < 4.78 is 5.30. The third-order valence-electron chi connectivity index (χ3n) is 2.87. The molecule has 0 bridgehead atoms. The third-order valence-corrected chi connectivity index (χ3v) is 2.87. The van der Waals surface area contributed by atoms with Crippen molar-refractivity contribution in [2.45, 2.75) is 25.4 Å². The zero-order chi connectivity index (χ0) is 6.97. The fraction of sp³-hybridized carbons (Fsp3) is 0.778. The largest absolute Gasteiger partial charge is 0.381 e. The quantitative estimate of drug-likeness (QED) is 0.503. The summed E-state index contributed by atoms with van der Waals surface area (Å²) in [6.07, 6.45) is 9.16. The highest BCUT2D eigenvalue weighted by molar-refractivity contribution is 5.07. The lowest BCUT2D eigenvalue weighted by molar-refractivity contribution is -0.0461. The summed E-state index contributed by atoms with van der Waals surface area (Å²) in [5.41, 5.74) is 0. The molecule has 0 aromatic rings. The van der Waals surface area contributed by atoms with Gasteiger partial charge in [0.15, 0.2) is 0 Å². The van der Waals surface area contributed by atoms with Crippen molar-refractivity contribution in [1.29, 1.82) is 0 Å². The molecule has 2 rings (SSSR count). The van der Waals surface area contributed by atoms with Gasteiger partial charge in [-0.3, -0.25) is 0 Å². The van der Waals surface area contributed by atoms with Crippen LogP contribution in [0.25, 0.3) is 0 Å². The lowest BCUT2D eigenvalue weighted by Gasteiger charge is -2.44. The van der Waals surface area contributed by atoms with Crippen LogP contribution in [0.1, 0.15) is 19.3 Å². The van der Waals surface area contributed by atoms with Crippen molar-refractivity contribution in [3.05, 3.63) is 12.2 Å². The van der Waals surface area contributed by atoms with E-state index < -0.39 is 0 Å². The van der Waals surface area contributed by atoms with E-state index in [0.717, 1.165) is 11.8 Å². The summed E-state index contributed by atoms with van der Waals surface area (Å²) >= 11 is 0. The SMILES string of the molecule is CO[C@H]1C[C@@H]2CCC=C[C@@H]21. The molecule has 1 fully saturated rings. The van der Waals surface area contributed by atoms with E-state index in [4.69, 9.17) is 4.74 Å². The van der Waals surface area contributed by atoms with E-state index in [1.54, 1.807) is 0 Å². The van der Waals surface area contributed by atoms with Crippen LogP contribution < -0.4 is 0 Å². The van der Waals surface area contributed by atoms with Crippen molar-refractivity contribution in [3.63, 3.8) is 0 Å². The van der Waals surface area contributed by atoms with Gasteiger partial charge in [-0.1, -0.05) is 12.2 Å². The summed E-state index contributed by atoms with van der Waals surface area (Å²) in [5, 5.41) is 0. The standard InChI is InChI=1S/C9H14O/c1-10-9-6-7-4-2-3-5-8(7)9/h3,5,7-9H,2,4,6H2,1H3/t7-,8-,9-/m0/s1. The van der Waals surface area contributed by atoms with Crippen LogP contribution in [-0.4, -0.2) is 13.2 Å². The van der Waals surface area contributed by atoms with Crippen LogP contribution in [-0.2, 0) is 4.74 Å². The van der Waals surface area contributed by atoms with Gasteiger partial charge in [0, 0.05) is 13.0 Å². The van der Waals surface area contributed by atoms with Gasteiger partial charge >= 0.3 is 0 Å². The molecule has 3 atom stereocenters.